The lowest BCUT2D eigenvalue weighted by molar-refractivity contribution is -0.118. The number of anilines is 2. The van der Waals surface area contributed by atoms with E-state index in [1.165, 1.54) is 0 Å². The Morgan fingerprint density at radius 2 is 2.08 bits per heavy atom. The van der Waals surface area contributed by atoms with Crippen molar-refractivity contribution in [2.24, 2.45) is 5.92 Å². The fraction of sp³-hybridized carbons (Fsp3) is 0.360. The number of rotatable bonds is 6. The Bertz CT molecular complexity index is 1340. The molecule has 11 nitrogen and oxygen atoms in total. The maximum Gasteiger partial charge on any atom is 0.414 e. The lowest BCUT2D eigenvalue weighted by atomic mass is 9.96. The average Bonchev–Trinajstić information content (AvgIpc) is 3.27. The van der Waals surface area contributed by atoms with Crippen molar-refractivity contribution in [3.05, 3.63) is 42.1 Å². The fourth-order valence-electron chi connectivity index (χ4n) is 4.73. The van der Waals surface area contributed by atoms with Crippen LogP contribution in [0.4, 0.5) is 16.2 Å². The molecule has 6 rings (SSSR count). The van der Waals surface area contributed by atoms with Crippen LogP contribution in [-0.2, 0) is 16.0 Å². The van der Waals surface area contributed by atoms with E-state index in [0.717, 1.165) is 28.8 Å². The number of cyclic esters (lactones) is 1. The Morgan fingerprint density at radius 3 is 2.97 bits per heavy atom. The van der Waals surface area contributed by atoms with Crippen LogP contribution in [0.1, 0.15) is 5.56 Å². The summed E-state index contributed by atoms with van der Waals surface area (Å²) in [6.07, 6.45) is 1.83. The summed E-state index contributed by atoms with van der Waals surface area (Å²) < 4.78 is 22.2. The molecule has 0 radical (unpaired) electrons. The zero-order valence-electron chi connectivity index (χ0n) is 19.7. The molecule has 2 aromatic heterocycles. The van der Waals surface area contributed by atoms with Crippen molar-refractivity contribution in [3.63, 3.8) is 0 Å². The molecule has 2 N–H and O–H groups in total. The van der Waals surface area contributed by atoms with Crippen molar-refractivity contribution in [2.75, 3.05) is 50.2 Å². The van der Waals surface area contributed by atoms with Crippen LogP contribution >= 0.6 is 0 Å². The molecule has 1 fully saturated rings. The van der Waals surface area contributed by atoms with Gasteiger partial charge in [0.2, 0.25) is 5.88 Å². The average molecular weight is 492 g/mol. The zero-order chi connectivity index (χ0) is 24.6. The number of benzene rings is 1. The molecular formula is C25H25N5O6. The van der Waals surface area contributed by atoms with Crippen LogP contribution in [0.5, 0.6) is 17.4 Å². The number of carbonyl (C=O) groups excluding carboxylic acids is 2. The summed E-state index contributed by atoms with van der Waals surface area (Å²) in [6.45, 7) is 2.17. The van der Waals surface area contributed by atoms with Crippen molar-refractivity contribution >= 4 is 34.4 Å². The number of ether oxygens (including phenoxy) is 4. The molecule has 2 atom stereocenters. The van der Waals surface area contributed by atoms with Crippen LogP contribution < -0.4 is 29.7 Å². The minimum absolute atomic E-state index is 0.0126. The number of nitrogens with zero attached hydrogens (tertiary/aromatic N) is 3. The van der Waals surface area contributed by atoms with Crippen LogP contribution in [-0.4, -0.2) is 68.0 Å². The second-order valence-corrected chi connectivity index (χ2v) is 9.00. The molecule has 3 aromatic rings. The number of hydrogen-bond acceptors (Lipinski definition) is 9. The van der Waals surface area contributed by atoms with Crippen molar-refractivity contribution in [1.82, 2.24) is 15.3 Å². The summed E-state index contributed by atoms with van der Waals surface area (Å²) in [7, 11) is 1.59. The van der Waals surface area contributed by atoms with Gasteiger partial charge < -0.3 is 29.6 Å². The van der Waals surface area contributed by atoms with E-state index in [9.17, 15) is 9.59 Å². The first-order valence-electron chi connectivity index (χ1n) is 11.8. The molecule has 0 spiro atoms. The number of methoxy groups -OCH3 is 1. The standard InChI is InChI=1S/C25H25N5O6/c1-33-23-5-3-18-24(29-23)17-6-14(12-34-21(17)10-27-18)8-26-9-16-11-30(25(32)36-16)15-2-4-20-19(7-15)28-22(31)13-35-20/h2-5,7,10,14,16,26H,6,8-9,11-13H2,1H3,(H,28,31)/t14-,16+/m0/s1. The quantitative estimate of drug-likeness (QED) is 0.534. The van der Waals surface area contributed by atoms with E-state index in [1.54, 1.807) is 42.5 Å². The third-order valence-electron chi connectivity index (χ3n) is 6.52. The van der Waals surface area contributed by atoms with Crippen LogP contribution in [0.15, 0.2) is 36.5 Å². The SMILES string of the molecule is COc1ccc2ncc3c(c2n1)C[C@@H](CNC[C@@H]1CN(c2ccc4c(c2)NC(=O)CO4)C(=O)O1)CO3. The third kappa shape index (κ3) is 4.22. The second kappa shape index (κ2) is 9.15. The highest BCUT2D eigenvalue weighted by Crippen LogP contribution is 2.34. The van der Waals surface area contributed by atoms with Gasteiger partial charge >= 0.3 is 6.09 Å². The molecule has 0 unspecified atom stereocenters. The molecule has 3 aliphatic heterocycles. The first-order valence-corrected chi connectivity index (χ1v) is 11.8. The summed E-state index contributed by atoms with van der Waals surface area (Å²) in [4.78, 5) is 34.7. The van der Waals surface area contributed by atoms with Crippen molar-refractivity contribution in [3.8, 4) is 17.4 Å². The molecule has 3 aliphatic rings. The summed E-state index contributed by atoms with van der Waals surface area (Å²) >= 11 is 0. The van der Waals surface area contributed by atoms with Gasteiger partial charge in [-0.2, -0.15) is 0 Å². The predicted octanol–water partition coefficient (Wildman–Crippen LogP) is 2.14. The molecule has 2 amide bonds. The van der Waals surface area contributed by atoms with Crippen LogP contribution in [0, 0.1) is 5.92 Å². The van der Waals surface area contributed by atoms with Crippen LogP contribution in [0.3, 0.4) is 0 Å². The minimum Gasteiger partial charge on any atom is -0.491 e. The van der Waals surface area contributed by atoms with Gasteiger partial charge in [-0.15, -0.1) is 0 Å². The molecule has 0 bridgehead atoms. The van der Waals surface area contributed by atoms with E-state index in [0.29, 0.717) is 49.2 Å². The van der Waals surface area contributed by atoms with Gasteiger partial charge in [0.25, 0.3) is 5.91 Å². The Labute approximate surface area is 206 Å². The minimum atomic E-state index is -0.418. The number of amides is 2. The summed E-state index contributed by atoms with van der Waals surface area (Å²) in [5, 5.41) is 6.19. The number of nitrogens with one attached hydrogen (secondary N) is 2. The van der Waals surface area contributed by atoms with Crippen LogP contribution in [0.25, 0.3) is 11.0 Å². The summed E-state index contributed by atoms with van der Waals surface area (Å²) in [5.74, 6) is 1.89. The molecule has 186 valence electrons. The highest BCUT2D eigenvalue weighted by molar-refractivity contribution is 5.97. The van der Waals surface area contributed by atoms with E-state index >= 15 is 0 Å². The predicted molar refractivity (Wildman–Crippen MR) is 130 cm³/mol. The Morgan fingerprint density at radius 1 is 1.17 bits per heavy atom. The van der Waals surface area contributed by atoms with E-state index in [2.05, 4.69) is 20.6 Å². The molecule has 0 aliphatic carbocycles. The highest BCUT2D eigenvalue weighted by Gasteiger charge is 2.33. The first-order chi connectivity index (χ1) is 17.6. The third-order valence-corrected chi connectivity index (χ3v) is 6.52. The molecule has 1 saturated heterocycles. The topological polar surface area (TPSA) is 124 Å². The van der Waals surface area contributed by atoms with Gasteiger partial charge in [0.1, 0.15) is 17.6 Å². The van der Waals surface area contributed by atoms with Gasteiger partial charge in [-0.3, -0.25) is 14.7 Å². The number of hydrogen-bond donors (Lipinski definition) is 2. The van der Waals surface area contributed by atoms with Crippen molar-refractivity contribution in [2.45, 2.75) is 12.5 Å². The van der Waals surface area contributed by atoms with Crippen molar-refractivity contribution in [1.29, 1.82) is 0 Å². The number of pyridine rings is 2. The van der Waals surface area contributed by atoms with E-state index in [-0.39, 0.29) is 24.5 Å². The largest absolute Gasteiger partial charge is 0.491 e. The van der Waals surface area contributed by atoms with Gasteiger partial charge in [-0.1, -0.05) is 0 Å². The lowest BCUT2D eigenvalue weighted by Crippen LogP contribution is -2.37. The normalized spacial score (nSPS) is 20.6. The van der Waals surface area contributed by atoms with Crippen LogP contribution in [0.2, 0.25) is 0 Å². The van der Waals surface area contributed by atoms with Gasteiger partial charge in [0.05, 0.1) is 43.2 Å². The molecule has 0 saturated carbocycles. The second-order valence-electron chi connectivity index (χ2n) is 9.00. The maximum absolute atomic E-state index is 12.5. The fourth-order valence-corrected chi connectivity index (χ4v) is 4.73. The summed E-state index contributed by atoms with van der Waals surface area (Å²) in [5.41, 5.74) is 3.82. The molecule has 5 heterocycles. The Kier molecular flexibility index (Phi) is 5.68. The maximum atomic E-state index is 12.5. The lowest BCUT2D eigenvalue weighted by Gasteiger charge is -2.26. The first kappa shape index (κ1) is 22.4. The number of aromatic nitrogens is 2. The molecule has 36 heavy (non-hydrogen) atoms. The zero-order valence-corrected chi connectivity index (χ0v) is 19.7. The van der Waals surface area contributed by atoms with Crippen molar-refractivity contribution < 1.29 is 28.5 Å². The van der Waals surface area contributed by atoms with Gasteiger partial charge in [0.15, 0.2) is 6.61 Å². The Hall–Kier alpha value is -4.12. The molecule has 11 heteroatoms. The van der Waals surface area contributed by atoms with Gasteiger partial charge in [-0.25, -0.2) is 9.78 Å². The smallest absolute Gasteiger partial charge is 0.414 e. The van der Waals surface area contributed by atoms with Gasteiger partial charge in [-0.05, 0) is 30.7 Å². The monoisotopic (exact) mass is 491 g/mol. The number of carbonyl (C=O) groups is 2. The number of fused-ring (bicyclic) bond motifs is 4. The van der Waals surface area contributed by atoms with Gasteiger partial charge in [0, 0.05) is 36.3 Å². The van der Waals surface area contributed by atoms with E-state index in [4.69, 9.17) is 18.9 Å². The Balaban J connectivity index is 1.06. The molecular weight excluding hydrogens is 466 g/mol. The highest BCUT2D eigenvalue weighted by atomic mass is 16.6. The summed E-state index contributed by atoms with van der Waals surface area (Å²) in [6, 6.07) is 8.94. The molecule has 1 aromatic carbocycles. The van der Waals surface area contributed by atoms with E-state index in [1.807, 2.05) is 6.07 Å². The van der Waals surface area contributed by atoms with E-state index < -0.39 is 6.09 Å².